The molecule has 0 fully saturated rings. The molecule has 0 saturated heterocycles. The van der Waals surface area contributed by atoms with Gasteiger partial charge in [0.25, 0.3) is 5.91 Å². The lowest BCUT2D eigenvalue weighted by Crippen LogP contribution is -2.23. The topological polar surface area (TPSA) is 119 Å². The van der Waals surface area contributed by atoms with Crippen LogP contribution >= 0.6 is 11.3 Å². The minimum absolute atomic E-state index is 0.00144. The van der Waals surface area contributed by atoms with Crippen molar-refractivity contribution in [1.29, 1.82) is 0 Å². The number of nitrogens with one attached hydrogen (secondary N) is 1. The number of sulfonamides is 1. The maximum absolute atomic E-state index is 12.5. The van der Waals surface area contributed by atoms with E-state index in [0.717, 1.165) is 34.0 Å². The highest BCUT2D eigenvalue weighted by Gasteiger charge is 2.29. The van der Waals surface area contributed by atoms with Crippen molar-refractivity contribution in [3.05, 3.63) is 45.8 Å². The lowest BCUT2D eigenvalue weighted by Gasteiger charge is -2.18. The van der Waals surface area contributed by atoms with Crippen molar-refractivity contribution in [2.24, 2.45) is 5.92 Å². The normalized spacial score (nSPS) is 15.6. The lowest BCUT2D eigenvalue weighted by atomic mass is 9.88. The molecular formula is C22H26N2O7S2. The van der Waals surface area contributed by atoms with Crippen LogP contribution in [0.2, 0.25) is 0 Å². The smallest absolute Gasteiger partial charge is 0.341 e. The van der Waals surface area contributed by atoms with E-state index >= 15 is 0 Å². The summed E-state index contributed by atoms with van der Waals surface area (Å²) in [6.45, 7) is 1.54. The molecule has 1 aromatic heterocycles. The molecule has 1 aliphatic rings. The Kier molecular flexibility index (Phi) is 7.55. The predicted octanol–water partition coefficient (Wildman–Crippen LogP) is 2.71. The molecule has 1 atom stereocenters. The maximum Gasteiger partial charge on any atom is 0.341 e. The summed E-state index contributed by atoms with van der Waals surface area (Å²) in [7, 11) is 0.336. The fraction of sp³-hybridized carbons (Fsp3) is 0.409. The molecule has 1 aliphatic carbocycles. The van der Waals surface area contributed by atoms with E-state index in [9.17, 15) is 22.8 Å². The summed E-state index contributed by atoms with van der Waals surface area (Å²) >= 11 is 1.33. The van der Waals surface area contributed by atoms with E-state index in [2.05, 4.69) is 12.2 Å². The fourth-order valence-corrected chi connectivity index (χ4v) is 5.89. The second-order valence-corrected chi connectivity index (χ2v) is 11.2. The Morgan fingerprint density at radius 1 is 1.21 bits per heavy atom. The van der Waals surface area contributed by atoms with Crippen molar-refractivity contribution in [3.63, 3.8) is 0 Å². The van der Waals surface area contributed by atoms with E-state index in [1.54, 1.807) is 0 Å². The largest absolute Gasteiger partial charge is 0.465 e. The van der Waals surface area contributed by atoms with Crippen molar-refractivity contribution in [1.82, 2.24) is 4.31 Å². The van der Waals surface area contributed by atoms with Crippen molar-refractivity contribution < 1.29 is 32.3 Å². The zero-order valence-corrected chi connectivity index (χ0v) is 20.5. The summed E-state index contributed by atoms with van der Waals surface area (Å²) in [4.78, 5) is 38.2. The van der Waals surface area contributed by atoms with Gasteiger partial charge in [-0.05, 0) is 48.9 Å². The van der Waals surface area contributed by atoms with E-state index in [0.29, 0.717) is 16.5 Å². The number of thiophene rings is 1. The summed E-state index contributed by atoms with van der Waals surface area (Å²) in [5, 5.41) is 3.03. The van der Waals surface area contributed by atoms with Gasteiger partial charge in [-0.3, -0.25) is 4.79 Å². The van der Waals surface area contributed by atoms with Gasteiger partial charge in [0.2, 0.25) is 10.0 Å². The third-order valence-corrected chi connectivity index (χ3v) is 8.32. The molecule has 0 aliphatic heterocycles. The Morgan fingerprint density at radius 2 is 1.94 bits per heavy atom. The SMILES string of the molecule is COC(=O)c1c(NC(=O)COC(=O)c2cccc(S(=O)(=O)N(C)C)c2)sc2c1CCC(C)C2. The Balaban J connectivity index is 1.70. The number of rotatable bonds is 7. The van der Waals surface area contributed by atoms with Crippen LogP contribution in [0.25, 0.3) is 0 Å². The number of esters is 2. The van der Waals surface area contributed by atoms with E-state index < -0.39 is 34.5 Å². The van der Waals surface area contributed by atoms with Crippen LogP contribution in [0.4, 0.5) is 5.00 Å². The summed E-state index contributed by atoms with van der Waals surface area (Å²) in [6.07, 6.45) is 2.50. The average Bonchev–Trinajstić information content (AvgIpc) is 3.13. The highest BCUT2D eigenvalue weighted by Crippen LogP contribution is 2.40. The molecule has 178 valence electrons. The molecule has 0 radical (unpaired) electrons. The molecule has 0 bridgehead atoms. The van der Waals surface area contributed by atoms with Crippen LogP contribution in [0, 0.1) is 5.92 Å². The van der Waals surface area contributed by atoms with Crippen molar-refractivity contribution in [3.8, 4) is 0 Å². The molecule has 2 aromatic rings. The van der Waals surface area contributed by atoms with Gasteiger partial charge in [0.1, 0.15) is 5.00 Å². The molecule has 1 unspecified atom stereocenters. The molecule has 0 saturated carbocycles. The van der Waals surface area contributed by atoms with Crippen molar-refractivity contribution in [2.75, 3.05) is 33.1 Å². The maximum atomic E-state index is 12.5. The fourth-order valence-electron chi connectivity index (χ4n) is 3.53. The molecule has 3 rings (SSSR count). The van der Waals surface area contributed by atoms with Crippen LogP contribution in [-0.2, 0) is 37.1 Å². The third kappa shape index (κ3) is 5.43. The van der Waals surface area contributed by atoms with E-state index in [-0.39, 0.29) is 10.5 Å². The number of anilines is 1. The molecule has 0 spiro atoms. The summed E-state index contributed by atoms with van der Waals surface area (Å²) in [5.74, 6) is -1.49. The average molecular weight is 495 g/mol. The molecule has 1 heterocycles. The second-order valence-electron chi connectivity index (χ2n) is 7.99. The summed E-state index contributed by atoms with van der Waals surface area (Å²) in [5.41, 5.74) is 1.25. The first kappa shape index (κ1) is 24.9. The van der Waals surface area contributed by atoms with Gasteiger partial charge in [-0.25, -0.2) is 22.3 Å². The standard InChI is InChI=1S/C22H26N2O7S2/c1-13-8-9-16-17(10-13)32-20(19(16)22(27)30-4)23-18(25)12-31-21(26)14-6-5-7-15(11-14)33(28,29)24(2)3/h5-7,11,13H,8-10,12H2,1-4H3,(H,23,25). The molecular weight excluding hydrogens is 468 g/mol. The monoisotopic (exact) mass is 494 g/mol. The number of carbonyl (C=O) groups excluding carboxylic acids is 3. The number of nitrogens with zero attached hydrogens (tertiary/aromatic N) is 1. The Morgan fingerprint density at radius 3 is 2.61 bits per heavy atom. The number of carbonyl (C=O) groups is 3. The lowest BCUT2D eigenvalue weighted by molar-refractivity contribution is -0.119. The second kappa shape index (κ2) is 10.0. The van der Waals surface area contributed by atoms with Crippen LogP contribution in [0.3, 0.4) is 0 Å². The summed E-state index contributed by atoms with van der Waals surface area (Å²) < 4.78 is 35.5. The first-order chi connectivity index (χ1) is 15.5. The number of hydrogen-bond acceptors (Lipinski definition) is 8. The van der Waals surface area contributed by atoms with Gasteiger partial charge in [0.15, 0.2) is 6.61 Å². The van der Waals surface area contributed by atoms with E-state index in [1.165, 1.54) is 56.8 Å². The highest BCUT2D eigenvalue weighted by molar-refractivity contribution is 7.89. The quantitative estimate of drug-likeness (QED) is 0.588. The van der Waals surface area contributed by atoms with Gasteiger partial charge < -0.3 is 14.8 Å². The Bertz CT molecular complexity index is 1190. The molecule has 9 nitrogen and oxygen atoms in total. The number of ether oxygens (including phenoxy) is 2. The number of benzene rings is 1. The molecule has 1 amide bonds. The van der Waals surface area contributed by atoms with Crippen LogP contribution in [0.15, 0.2) is 29.2 Å². The number of fused-ring (bicyclic) bond motifs is 1. The minimum Gasteiger partial charge on any atom is -0.465 e. The van der Waals surface area contributed by atoms with E-state index in [4.69, 9.17) is 9.47 Å². The van der Waals surface area contributed by atoms with Gasteiger partial charge in [0, 0.05) is 19.0 Å². The zero-order chi connectivity index (χ0) is 24.3. The van der Waals surface area contributed by atoms with E-state index in [1.807, 2.05) is 0 Å². The van der Waals surface area contributed by atoms with Crippen LogP contribution in [0.5, 0.6) is 0 Å². The number of methoxy groups -OCH3 is 1. The molecule has 1 aromatic carbocycles. The van der Waals surface area contributed by atoms with Crippen LogP contribution in [-0.4, -0.2) is 58.4 Å². The zero-order valence-electron chi connectivity index (χ0n) is 18.8. The van der Waals surface area contributed by atoms with Crippen LogP contribution in [0.1, 0.15) is 44.5 Å². The molecule has 11 heteroatoms. The van der Waals surface area contributed by atoms with Crippen molar-refractivity contribution >= 4 is 44.2 Å². The summed E-state index contributed by atoms with van der Waals surface area (Å²) in [6, 6.07) is 5.39. The molecule has 1 N–H and O–H groups in total. The van der Waals surface area contributed by atoms with Gasteiger partial charge in [-0.1, -0.05) is 13.0 Å². The predicted molar refractivity (Wildman–Crippen MR) is 123 cm³/mol. The number of hydrogen-bond donors (Lipinski definition) is 1. The highest BCUT2D eigenvalue weighted by atomic mass is 32.2. The van der Waals surface area contributed by atoms with Gasteiger partial charge >= 0.3 is 11.9 Å². The first-order valence-electron chi connectivity index (χ1n) is 10.3. The van der Waals surface area contributed by atoms with Crippen molar-refractivity contribution in [2.45, 2.75) is 31.1 Å². The van der Waals surface area contributed by atoms with Gasteiger partial charge in [-0.2, -0.15) is 0 Å². The van der Waals surface area contributed by atoms with Crippen LogP contribution < -0.4 is 5.32 Å². The first-order valence-corrected chi connectivity index (χ1v) is 12.5. The van der Waals surface area contributed by atoms with Gasteiger partial charge in [-0.15, -0.1) is 11.3 Å². The molecule has 33 heavy (non-hydrogen) atoms. The number of amides is 1. The minimum atomic E-state index is -3.72. The Hall–Kier alpha value is -2.76. The van der Waals surface area contributed by atoms with Gasteiger partial charge in [0.05, 0.1) is 23.1 Å². The Labute approximate surface area is 196 Å². The third-order valence-electron chi connectivity index (χ3n) is 5.34.